The lowest BCUT2D eigenvalue weighted by Gasteiger charge is -2.30. The molecule has 0 spiro atoms. The summed E-state index contributed by atoms with van der Waals surface area (Å²) in [6.45, 7) is 3.75. The van der Waals surface area contributed by atoms with Crippen molar-refractivity contribution in [2.75, 3.05) is 0 Å². The van der Waals surface area contributed by atoms with Crippen molar-refractivity contribution >= 4 is 28.9 Å². The molecule has 1 saturated carbocycles. The van der Waals surface area contributed by atoms with Gasteiger partial charge in [0.15, 0.2) is 6.10 Å². The molecule has 5 heteroatoms. The van der Waals surface area contributed by atoms with Crippen molar-refractivity contribution in [3.05, 3.63) is 48.2 Å². The molecule has 0 saturated heterocycles. The number of para-hydroxylation sites is 1. The first-order chi connectivity index (χ1) is 13.0. The van der Waals surface area contributed by atoms with E-state index in [4.69, 9.17) is 4.74 Å². The van der Waals surface area contributed by atoms with Crippen LogP contribution in [0.1, 0.15) is 45.2 Å². The van der Waals surface area contributed by atoms with Gasteiger partial charge >= 0.3 is 5.97 Å². The zero-order valence-corrected chi connectivity index (χ0v) is 15.9. The number of carbonyl (C=O) groups is 2. The van der Waals surface area contributed by atoms with Crippen LogP contribution in [0.15, 0.2) is 42.5 Å². The van der Waals surface area contributed by atoms with E-state index < -0.39 is 12.1 Å². The van der Waals surface area contributed by atoms with Crippen LogP contribution in [0.25, 0.3) is 17.0 Å². The Morgan fingerprint density at radius 2 is 1.96 bits per heavy atom. The van der Waals surface area contributed by atoms with Gasteiger partial charge in [-0.15, -0.1) is 0 Å². The predicted molar refractivity (Wildman–Crippen MR) is 106 cm³/mol. The van der Waals surface area contributed by atoms with Gasteiger partial charge in [-0.05, 0) is 43.9 Å². The monoisotopic (exact) mass is 366 g/mol. The van der Waals surface area contributed by atoms with E-state index in [0.717, 1.165) is 30.2 Å². The second kappa shape index (κ2) is 8.80. The summed E-state index contributed by atoms with van der Waals surface area (Å²) >= 11 is 0. The number of carbonyl (C=O) groups excluding carboxylic acids is 2. The van der Waals surface area contributed by atoms with Gasteiger partial charge in [0.25, 0.3) is 5.91 Å². The lowest BCUT2D eigenvalue weighted by molar-refractivity contribution is -0.150. The largest absolute Gasteiger partial charge is 0.449 e. The van der Waals surface area contributed by atoms with E-state index in [-0.39, 0.29) is 11.9 Å². The minimum absolute atomic E-state index is 0.171. The smallest absolute Gasteiger partial charge is 0.331 e. The molecular weight excluding hydrogens is 340 g/mol. The highest BCUT2D eigenvalue weighted by atomic mass is 16.5. The van der Waals surface area contributed by atoms with Gasteiger partial charge < -0.3 is 10.1 Å². The molecule has 27 heavy (non-hydrogen) atoms. The normalized spacial score (nSPS) is 21.1. The molecule has 0 unspecified atom stereocenters. The minimum atomic E-state index is -0.819. The molecular formula is C22H26N2O3. The summed E-state index contributed by atoms with van der Waals surface area (Å²) < 4.78 is 5.23. The molecule has 1 fully saturated rings. The van der Waals surface area contributed by atoms with Crippen LogP contribution in [0.3, 0.4) is 0 Å². The third kappa shape index (κ3) is 5.16. The number of rotatable bonds is 5. The Kier molecular flexibility index (Phi) is 6.22. The molecule has 0 aliphatic heterocycles. The Morgan fingerprint density at radius 1 is 1.19 bits per heavy atom. The lowest BCUT2D eigenvalue weighted by atomic mass is 9.86. The molecule has 5 nitrogen and oxygen atoms in total. The van der Waals surface area contributed by atoms with Gasteiger partial charge in [-0.3, -0.25) is 4.79 Å². The topological polar surface area (TPSA) is 68.3 Å². The van der Waals surface area contributed by atoms with Crippen LogP contribution in [0.4, 0.5) is 0 Å². The summed E-state index contributed by atoms with van der Waals surface area (Å²) in [5, 5.41) is 4.06. The van der Waals surface area contributed by atoms with Crippen LogP contribution in [0, 0.1) is 5.92 Å². The number of hydrogen-bond acceptors (Lipinski definition) is 4. The first kappa shape index (κ1) is 19.1. The fourth-order valence-corrected chi connectivity index (χ4v) is 3.43. The molecule has 1 heterocycles. The van der Waals surface area contributed by atoms with Crippen molar-refractivity contribution in [3.63, 3.8) is 0 Å². The van der Waals surface area contributed by atoms with Gasteiger partial charge in [-0.1, -0.05) is 44.0 Å². The van der Waals surface area contributed by atoms with Crippen molar-refractivity contribution in [1.82, 2.24) is 10.3 Å². The summed E-state index contributed by atoms with van der Waals surface area (Å²) in [6.07, 6.45) is 6.55. The van der Waals surface area contributed by atoms with Gasteiger partial charge in [-0.25, -0.2) is 9.78 Å². The third-order valence-corrected chi connectivity index (χ3v) is 5.11. The summed E-state index contributed by atoms with van der Waals surface area (Å²) in [6, 6.07) is 11.7. The number of benzene rings is 1. The van der Waals surface area contributed by atoms with E-state index >= 15 is 0 Å². The molecule has 1 N–H and O–H groups in total. The van der Waals surface area contributed by atoms with E-state index in [2.05, 4.69) is 17.2 Å². The van der Waals surface area contributed by atoms with E-state index in [9.17, 15) is 9.59 Å². The Labute approximate surface area is 159 Å². The number of amides is 1. The Bertz CT molecular complexity index is 846. The molecule has 1 aromatic carbocycles. The number of aromatic nitrogens is 1. The second-order valence-electron chi connectivity index (χ2n) is 7.22. The SMILES string of the molecule is C[C@@H]1CCCC[C@H]1NC(=O)[C@@H](C)OC(=O)/C=C/c1ccc2ccccc2n1. The molecule has 3 rings (SSSR count). The highest BCUT2D eigenvalue weighted by Crippen LogP contribution is 2.23. The zero-order chi connectivity index (χ0) is 19.2. The average Bonchev–Trinajstić information content (AvgIpc) is 2.68. The Balaban J connectivity index is 1.54. The molecule has 3 atom stereocenters. The van der Waals surface area contributed by atoms with Crippen molar-refractivity contribution in [2.24, 2.45) is 5.92 Å². The van der Waals surface area contributed by atoms with Crippen LogP contribution in [-0.4, -0.2) is 29.0 Å². The maximum absolute atomic E-state index is 12.3. The molecule has 1 amide bonds. The molecule has 1 aliphatic rings. The fourth-order valence-electron chi connectivity index (χ4n) is 3.43. The van der Waals surface area contributed by atoms with Crippen LogP contribution < -0.4 is 5.32 Å². The van der Waals surface area contributed by atoms with Gasteiger partial charge in [0.05, 0.1) is 11.2 Å². The molecule has 0 bridgehead atoms. The maximum Gasteiger partial charge on any atom is 0.331 e. The molecule has 0 radical (unpaired) electrons. The summed E-state index contributed by atoms with van der Waals surface area (Å²) in [5.41, 5.74) is 1.53. The van der Waals surface area contributed by atoms with E-state index in [1.165, 1.54) is 12.5 Å². The van der Waals surface area contributed by atoms with Crippen molar-refractivity contribution in [3.8, 4) is 0 Å². The molecule has 142 valence electrons. The minimum Gasteiger partial charge on any atom is -0.449 e. The van der Waals surface area contributed by atoms with Crippen LogP contribution in [0.2, 0.25) is 0 Å². The second-order valence-corrected chi connectivity index (χ2v) is 7.22. The number of nitrogens with zero attached hydrogens (tertiary/aromatic N) is 1. The third-order valence-electron chi connectivity index (χ3n) is 5.11. The van der Waals surface area contributed by atoms with Gasteiger partial charge in [-0.2, -0.15) is 0 Å². The summed E-state index contributed by atoms with van der Waals surface area (Å²) in [5.74, 6) is -0.326. The highest BCUT2D eigenvalue weighted by molar-refractivity contribution is 5.90. The molecule has 2 aromatic rings. The average molecular weight is 366 g/mol. The van der Waals surface area contributed by atoms with Crippen LogP contribution in [-0.2, 0) is 14.3 Å². The maximum atomic E-state index is 12.3. The van der Waals surface area contributed by atoms with Crippen LogP contribution in [0.5, 0.6) is 0 Å². The number of fused-ring (bicyclic) bond motifs is 1. The quantitative estimate of drug-likeness (QED) is 0.644. The highest BCUT2D eigenvalue weighted by Gasteiger charge is 2.25. The van der Waals surface area contributed by atoms with Crippen LogP contribution >= 0.6 is 0 Å². The number of ether oxygens (including phenoxy) is 1. The van der Waals surface area contributed by atoms with Crippen molar-refractivity contribution < 1.29 is 14.3 Å². The number of nitrogens with one attached hydrogen (secondary N) is 1. The van der Waals surface area contributed by atoms with Gasteiger partial charge in [0, 0.05) is 17.5 Å². The fraction of sp³-hybridized carbons (Fsp3) is 0.409. The first-order valence-electron chi connectivity index (χ1n) is 9.58. The van der Waals surface area contributed by atoms with Gasteiger partial charge in [0.2, 0.25) is 0 Å². The van der Waals surface area contributed by atoms with E-state index in [1.54, 1.807) is 13.0 Å². The number of hydrogen-bond donors (Lipinski definition) is 1. The number of esters is 1. The summed E-state index contributed by atoms with van der Waals surface area (Å²) in [7, 11) is 0. The Hall–Kier alpha value is -2.69. The predicted octanol–water partition coefficient (Wildman–Crippen LogP) is 3.87. The van der Waals surface area contributed by atoms with Crippen molar-refractivity contribution in [1.29, 1.82) is 0 Å². The summed E-state index contributed by atoms with van der Waals surface area (Å²) in [4.78, 5) is 28.8. The Morgan fingerprint density at radius 3 is 2.78 bits per heavy atom. The standard InChI is InChI=1S/C22H26N2O3/c1-15-7-3-5-9-19(15)24-22(26)16(2)27-21(25)14-13-18-12-11-17-8-4-6-10-20(17)23-18/h4,6,8,10-16,19H,3,5,7,9H2,1-2H3,(H,24,26)/b14-13+/t15-,16-,19-/m1/s1. The molecule has 1 aromatic heterocycles. The first-order valence-corrected chi connectivity index (χ1v) is 9.58. The molecule has 1 aliphatic carbocycles. The lowest BCUT2D eigenvalue weighted by Crippen LogP contribution is -2.45. The van der Waals surface area contributed by atoms with Crippen molar-refractivity contribution in [2.45, 2.75) is 51.7 Å². The van der Waals surface area contributed by atoms with E-state index in [1.807, 2.05) is 36.4 Å². The van der Waals surface area contributed by atoms with E-state index in [0.29, 0.717) is 11.6 Å². The number of pyridine rings is 1. The zero-order valence-electron chi connectivity index (χ0n) is 15.9. The van der Waals surface area contributed by atoms with Gasteiger partial charge in [0.1, 0.15) is 0 Å².